The zero-order valence-corrected chi connectivity index (χ0v) is 31.5. The normalized spacial score (nSPS) is 12.8. The number of unbranched alkanes of at least 4 members (excludes halogenated alkanes) is 28. The van der Waals surface area contributed by atoms with Gasteiger partial charge in [-0.05, 0) is 25.7 Å². The summed E-state index contributed by atoms with van der Waals surface area (Å²) in [5, 5.41) is 0. The maximum absolute atomic E-state index is 7.44. The molecule has 0 rings (SSSR count). The van der Waals surface area contributed by atoms with E-state index in [4.69, 9.17) is 10.5 Å². The van der Waals surface area contributed by atoms with E-state index in [1.807, 2.05) is 0 Å². The van der Waals surface area contributed by atoms with Crippen LogP contribution in [0.4, 0.5) is 0 Å². The van der Waals surface area contributed by atoms with Crippen molar-refractivity contribution in [2.75, 3.05) is 6.61 Å². The molecule has 0 spiro atoms. The number of hydrogen-bond acceptors (Lipinski definition) is 2. The predicted octanol–water partition coefficient (Wildman–Crippen LogP) is 14.8. The van der Waals surface area contributed by atoms with E-state index in [-0.39, 0.29) is 11.6 Å². The molecule has 0 amide bonds. The van der Waals surface area contributed by atoms with Gasteiger partial charge in [0.05, 0.1) is 6.10 Å². The second kappa shape index (κ2) is 35.8. The Morgan fingerprint density at radius 2 is 0.636 bits per heavy atom. The van der Waals surface area contributed by atoms with Crippen molar-refractivity contribution in [3.05, 3.63) is 0 Å². The van der Waals surface area contributed by atoms with Crippen molar-refractivity contribution >= 4 is 0 Å². The van der Waals surface area contributed by atoms with Gasteiger partial charge in [-0.3, -0.25) is 0 Å². The molecule has 0 bridgehead atoms. The summed E-state index contributed by atoms with van der Waals surface area (Å²) in [4.78, 5) is 0. The Labute approximate surface area is 280 Å². The number of nitrogens with two attached hydrogens (primary N) is 1. The molecule has 0 saturated heterocycles. The molecule has 0 aliphatic heterocycles. The van der Waals surface area contributed by atoms with Crippen LogP contribution < -0.4 is 5.73 Å². The topological polar surface area (TPSA) is 35.2 Å². The maximum atomic E-state index is 7.44. The van der Waals surface area contributed by atoms with Crippen molar-refractivity contribution in [1.29, 1.82) is 0 Å². The molecule has 1 unspecified atom stereocenters. The van der Waals surface area contributed by atoms with Crippen molar-refractivity contribution in [2.24, 2.45) is 5.73 Å². The fraction of sp³-hybridized carbons (Fsp3) is 1.00. The smallest absolute Gasteiger partial charge is 0.0754 e. The standard InChI is InChI=1S/C42H87NO/c1-5-9-13-16-19-22-25-28-31-34-37-41(44-40-12-8-4)42(43,38-35-32-29-26-23-20-17-14-10-6-2)39-36-33-30-27-24-21-18-15-11-7-3/h41H,5-40,43H2,1-4H3. The molecule has 0 aliphatic carbocycles. The molecule has 44 heavy (non-hydrogen) atoms. The summed E-state index contributed by atoms with van der Waals surface area (Å²) in [6.07, 6.45) is 48.0. The molecular formula is C42H87NO. The van der Waals surface area contributed by atoms with Gasteiger partial charge in [-0.15, -0.1) is 0 Å². The van der Waals surface area contributed by atoms with Crippen LogP contribution >= 0.6 is 0 Å². The second-order valence-corrected chi connectivity index (χ2v) is 14.8. The average molecular weight is 622 g/mol. The minimum Gasteiger partial charge on any atom is -0.376 e. The van der Waals surface area contributed by atoms with E-state index in [1.54, 1.807) is 0 Å². The Morgan fingerprint density at radius 3 is 0.955 bits per heavy atom. The SMILES string of the molecule is CCCCCCCCCCCCC(OCCCC)C(N)(CCCCCCCCCCCC)CCCCCCCCCCCC. The Kier molecular flexibility index (Phi) is 35.7. The molecule has 0 radical (unpaired) electrons. The number of hydrogen-bond donors (Lipinski definition) is 1. The van der Waals surface area contributed by atoms with Crippen LogP contribution in [0, 0.1) is 0 Å². The van der Waals surface area contributed by atoms with Crippen LogP contribution in [-0.2, 0) is 4.74 Å². The van der Waals surface area contributed by atoms with Crippen molar-refractivity contribution in [2.45, 2.75) is 264 Å². The Morgan fingerprint density at radius 1 is 0.364 bits per heavy atom. The molecule has 0 fully saturated rings. The molecule has 2 heteroatoms. The van der Waals surface area contributed by atoms with E-state index in [0.29, 0.717) is 0 Å². The van der Waals surface area contributed by atoms with Crippen LogP contribution in [0.25, 0.3) is 0 Å². The lowest BCUT2D eigenvalue weighted by atomic mass is 9.80. The number of rotatable bonds is 38. The van der Waals surface area contributed by atoms with E-state index >= 15 is 0 Å². The van der Waals surface area contributed by atoms with Crippen LogP contribution in [0.1, 0.15) is 252 Å². The first-order valence-electron chi connectivity index (χ1n) is 21.0. The zero-order chi connectivity index (χ0) is 32.2. The van der Waals surface area contributed by atoms with Gasteiger partial charge in [-0.1, -0.05) is 227 Å². The molecule has 0 aromatic rings. The lowest BCUT2D eigenvalue weighted by Gasteiger charge is -2.38. The highest BCUT2D eigenvalue weighted by atomic mass is 16.5. The van der Waals surface area contributed by atoms with E-state index < -0.39 is 0 Å². The fourth-order valence-electron chi connectivity index (χ4n) is 7.05. The minimum absolute atomic E-state index is 0.132. The van der Waals surface area contributed by atoms with Crippen molar-refractivity contribution < 1.29 is 4.74 Å². The van der Waals surface area contributed by atoms with E-state index in [0.717, 1.165) is 19.4 Å². The van der Waals surface area contributed by atoms with Gasteiger partial charge in [0, 0.05) is 12.1 Å². The molecule has 266 valence electrons. The molecule has 2 nitrogen and oxygen atoms in total. The molecule has 0 aromatic heterocycles. The summed E-state index contributed by atoms with van der Waals surface area (Å²) < 4.78 is 6.69. The zero-order valence-electron chi connectivity index (χ0n) is 31.5. The second-order valence-electron chi connectivity index (χ2n) is 14.8. The maximum Gasteiger partial charge on any atom is 0.0754 e. The molecule has 0 saturated carbocycles. The van der Waals surface area contributed by atoms with Gasteiger partial charge in [0.1, 0.15) is 0 Å². The number of ether oxygens (including phenoxy) is 1. The summed E-state index contributed by atoms with van der Waals surface area (Å²) in [5.41, 5.74) is 7.31. The third-order valence-electron chi connectivity index (χ3n) is 10.3. The fourth-order valence-corrected chi connectivity index (χ4v) is 7.05. The first kappa shape index (κ1) is 43.9. The third-order valence-corrected chi connectivity index (χ3v) is 10.3. The summed E-state index contributed by atoms with van der Waals surface area (Å²) in [6, 6.07) is 0. The van der Waals surface area contributed by atoms with E-state index in [1.165, 1.54) is 212 Å². The van der Waals surface area contributed by atoms with Crippen molar-refractivity contribution in [1.82, 2.24) is 0 Å². The molecule has 0 aliphatic rings. The molecule has 2 N–H and O–H groups in total. The van der Waals surface area contributed by atoms with Gasteiger partial charge in [0.15, 0.2) is 0 Å². The van der Waals surface area contributed by atoms with Crippen LogP contribution in [0.3, 0.4) is 0 Å². The van der Waals surface area contributed by atoms with E-state index in [2.05, 4.69) is 27.7 Å². The van der Waals surface area contributed by atoms with Crippen molar-refractivity contribution in [3.8, 4) is 0 Å². The molecule has 0 aromatic carbocycles. The highest BCUT2D eigenvalue weighted by Crippen LogP contribution is 2.30. The Bertz CT molecular complexity index is 496. The summed E-state index contributed by atoms with van der Waals surface area (Å²) in [5.74, 6) is 0. The quantitative estimate of drug-likeness (QED) is 0.0696. The van der Waals surface area contributed by atoms with Gasteiger partial charge in [0.2, 0.25) is 0 Å². The monoisotopic (exact) mass is 622 g/mol. The summed E-state index contributed by atoms with van der Waals surface area (Å²) >= 11 is 0. The first-order valence-corrected chi connectivity index (χ1v) is 21.0. The van der Waals surface area contributed by atoms with Gasteiger partial charge >= 0.3 is 0 Å². The van der Waals surface area contributed by atoms with Gasteiger partial charge in [0.25, 0.3) is 0 Å². The average Bonchev–Trinajstić information content (AvgIpc) is 3.03. The van der Waals surface area contributed by atoms with Gasteiger partial charge in [-0.2, -0.15) is 0 Å². The Balaban J connectivity index is 4.72. The van der Waals surface area contributed by atoms with Crippen LogP contribution in [-0.4, -0.2) is 18.2 Å². The van der Waals surface area contributed by atoms with Crippen LogP contribution in [0.2, 0.25) is 0 Å². The van der Waals surface area contributed by atoms with Gasteiger partial charge in [-0.25, -0.2) is 0 Å². The lowest BCUT2D eigenvalue weighted by molar-refractivity contribution is -0.0176. The first-order chi connectivity index (χ1) is 21.6. The summed E-state index contributed by atoms with van der Waals surface area (Å²) in [6.45, 7) is 10.1. The van der Waals surface area contributed by atoms with Crippen LogP contribution in [0.5, 0.6) is 0 Å². The predicted molar refractivity (Wildman–Crippen MR) is 201 cm³/mol. The molecule has 1 atom stereocenters. The Hall–Kier alpha value is -0.0800. The van der Waals surface area contributed by atoms with Crippen molar-refractivity contribution in [3.63, 3.8) is 0 Å². The largest absolute Gasteiger partial charge is 0.376 e. The third kappa shape index (κ3) is 29.3. The van der Waals surface area contributed by atoms with Crippen LogP contribution in [0.15, 0.2) is 0 Å². The highest BCUT2D eigenvalue weighted by molar-refractivity contribution is 4.92. The highest BCUT2D eigenvalue weighted by Gasteiger charge is 2.34. The van der Waals surface area contributed by atoms with Gasteiger partial charge < -0.3 is 10.5 Å². The van der Waals surface area contributed by atoms with E-state index in [9.17, 15) is 0 Å². The molecule has 0 heterocycles. The minimum atomic E-state index is -0.132. The molecular weight excluding hydrogens is 534 g/mol. The lowest BCUT2D eigenvalue weighted by Crippen LogP contribution is -2.52. The summed E-state index contributed by atoms with van der Waals surface area (Å²) in [7, 11) is 0.